The molecule has 1 N–H and O–H groups in total. The lowest BCUT2D eigenvalue weighted by Crippen LogP contribution is -2.60. The monoisotopic (exact) mass is 482 g/mol. The summed E-state index contributed by atoms with van der Waals surface area (Å²) in [5.41, 5.74) is -0.0347. The van der Waals surface area contributed by atoms with E-state index in [0.717, 1.165) is 62.4 Å². The van der Waals surface area contributed by atoms with Crippen LogP contribution in [-0.2, 0) is 14.8 Å². The minimum atomic E-state index is -3.56. The molecule has 0 unspecified atom stereocenters. The van der Waals surface area contributed by atoms with Gasteiger partial charge >= 0.3 is 0 Å². The van der Waals surface area contributed by atoms with Crippen molar-refractivity contribution in [1.29, 1.82) is 0 Å². The van der Waals surface area contributed by atoms with Crippen LogP contribution in [0, 0.1) is 11.8 Å². The number of halogens is 1. The molecule has 2 saturated heterocycles. The number of sulfonamides is 1. The van der Waals surface area contributed by atoms with Gasteiger partial charge in [-0.05, 0) is 81.0 Å². The lowest BCUT2D eigenvalue weighted by atomic mass is 9.61. The van der Waals surface area contributed by atoms with E-state index in [2.05, 4.69) is 32.5 Å². The van der Waals surface area contributed by atoms with Crippen molar-refractivity contribution in [1.82, 2.24) is 9.62 Å². The van der Waals surface area contributed by atoms with Crippen molar-refractivity contribution in [3.05, 3.63) is 28.7 Å². The van der Waals surface area contributed by atoms with Gasteiger partial charge in [0.2, 0.25) is 15.9 Å². The molecular formula is C22H31BrN2O3S. The van der Waals surface area contributed by atoms with Crippen molar-refractivity contribution >= 4 is 31.9 Å². The molecule has 0 radical (unpaired) electrons. The van der Waals surface area contributed by atoms with Crippen LogP contribution in [0.3, 0.4) is 0 Å². The van der Waals surface area contributed by atoms with Crippen LogP contribution in [0.25, 0.3) is 0 Å². The maximum Gasteiger partial charge on any atom is 0.240 e. The Morgan fingerprint density at radius 1 is 1.17 bits per heavy atom. The van der Waals surface area contributed by atoms with Crippen LogP contribution in [0.15, 0.2) is 33.6 Å². The van der Waals surface area contributed by atoms with E-state index in [4.69, 9.17) is 0 Å². The topological polar surface area (TPSA) is 66.5 Å². The predicted octanol–water partition coefficient (Wildman–Crippen LogP) is 4.47. The van der Waals surface area contributed by atoms with E-state index in [9.17, 15) is 13.2 Å². The first-order valence-corrected chi connectivity index (χ1v) is 13.2. The van der Waals surface area contributed by atoms with Crippen LogP contribution in [0.1, 0.15) is 64.7 Å². The fourth-order valence-corrected chi connectivity index (χ4v) is 7.84. The minimum Gasteiger partial charge on any atom is -0.337 e. The van der Waals surface area contributed by atoms with Crippen LogP contribution in [0.2, 0.25) is 0 Å². The second kappa shape index (κ2) is 8.31. The van der Waals surface area contributed by atoms with Gasteiger partial charge in [0.05, 0.1) is 4.90 Å². The van der Waals surface area contributed by atoms with Crippen LogP contribution < -0.4 is 4.72 Å². The van der Waals surface area contributed by atoms with Gasteiger partial charge in [-0.2, -0.15) is 0 Å². The third kappa shape index (κ3) is 3.90. The molecule has 1 spiro atoms. The smallest absolute Gasteiger partial charge is 0.240 e. The summed E-state index contributed by atoms with van der Waals surface area (Å²) in [6.45, 7) is 3.05. The molecule has 1 amide bonds. The highest BCUT2D eigenvalue weighted by molar-refractivity contribution is 9.10. The van der Waals surface area contributed by atoms with Gasteiger partial charge in [-0.15, -0.1) is 0 Å². The van der Waals surface area contributed by atoms with Crippen LogP contribution in [0.4, 0.5) is 0 Å². The number of hydrogen-bond acceptors (Lipinski definition) is 3. The number of nitrogens with zero attached hydrogens (tertiary/aromatic N) is 1. The van der Waals surface area contributed by atoms with Crippen LogP contribution in [-0.4, -0.2) is 37.4 Å². The maximum absolute atomic E-state index is 13.1. The molecule has 160 valence electrons. The number of carbonyl (C=O) groups is 1. The van der Waals surface area contributed by atoms with E-state index in [1.54, 1.807) is 24.3 Å². The van der Waals surface area contributed by atoms with E-state index in [0.29, 0.717) is 23.1 Å². The van der Waals surface area contributed by atoms with Gasteiger partial charge in [-0.3, -0.25) is 4.79 Å². The fraction of sp³-hybridized carbons (Fsp3) is 0.682. The molecule has 29 heavy (non-hydrogen) atoms. The Kier molecular flexibility index (Phi) is 6.11. The largest absolute Gasteiger partial charge is 0.337 e. The molecule has 3 aliphatic rings. The van der Waals surface area contributed by atoms with Crippen molar-refractivity contribution < 1.29 is 13.2 Å². The summed E-state index contributed by atoms with van der Waals surface area (Å²) in [5, 5.41) is 0. The van der Waals surface area contributed by atoms with Crippen molar-refractivity contribution in [2.75, 3.05) is 6.54 Å². The van der Waals surface area contributed by atoms with Gasteiger partial charge in [0.25, 0.3) is 0 Å². The van der Waals surface area contributed by atoms with Crippen molar-refractivity contribution in [2.45, 2.75) is 81.2 Å². The number of hydrogen-bond donors (Lipinski definition) is 1. The first kappa shape index (κ1) is 21.3. The molecule has 0 aromatic heterocycles. The molecule has 1 saturated carbocycles. The minimum absolute atomic E-state index is 0.0347. The van der Waals surface area contributed by atoms with Crippen molar-refractivity contribution in [2.24, 2.45) is 11.8 Å². The molecule has 0 bridgehead atoms. The molecule has 1 aliphatic carbocycles. The lowest BCUT2D eigenvalue weighted by molar-refractivity contribution is -0.138. The van der Waals surface area contributed by atoms with Crippen molar-refractivity contribution in [3.63, 3.8) is 0 Å². The third-order valence-electron chi connectivity index (χ3n) is 7.40. The highest BCUT2D eigenvalue weighted by Crippen LogP contribution is 2.52. The Balaban J connectivity index is 1.62. The van der Waals surface area contributed by atoms with E-state index >= 15 is 0 Å². The van der Waals surface area contributed by atoms with Gasteiger partial charge < -0.3 is 4.90 Å². The van der Waals surface area contributed by atoms with Gasteiger partial charge in [-0.1, -0.05) is 29.3 Å². The molecule has 5 nitrogen and oxygen atoms in total. The Morgan fingerprint density at radius 2 is 1.93 bits per heavy atom. The van der Waals surface area contributed by atoms with Gasteiger partial charge in [0.1, 0.15) is 0 Å². The number of nitrogens with one attached hydrogen (secondary N) is 1. The number of amides is 1. The molecule has 2 aliphatic heterocycles. The summed E-state index contributed by atoms with van der Waals surface area (Å²) in [7, 11) is -3.56. The molecule has 4 atom stereocenters. The standard InChI is InChI=1S/C22H31BrN2O3S/c1-2-5-18-19-6-3-7-21(26)25-15-4-13-22(19,25)14-12-20(18)24-29(27,28)17-10-8-16(23)9-11-17/h8-11,18-20,24H,2-7,12-15H2,1H3/t18-,19+,20+,22-/m1/s1. The Morgan fingerprint density at radius 3 is 2.66 bits per heavy atom. The Bertz CT molecular complexity index is 857. The van der Waals surface area contributed by atoms with E-state index in [1.165, 1.54) is 0 Å². The second-order valence-corrected chi connectivity index (χ2v) is 11.6. The molecule has 3 fully saturated rings. The first-order valence-electron chi connectivity index (χ1n) is 11.0. The van der Waals surface area contributed by atoms with Gasteiger partial charge in [0, 0.05) is 29.0 Å². The third-order valence-corrected chi connectivity index (χ3v) is 9.43. The maximum atomic E-state index is 13.1. The van der Waals surface area contributed by atoms with Crippen LogP contribution in [0.5, 0.6) is 0 Å². The SMILES string of the molecule is CCC[C@H]1[C@@H](NS(=O)(=O)c2ccc(Br)cc2)CC[C@@]23CCCN2C(=O)CCC[C@@H]13. The number of rotatable bonds is 5. The summed E-state index contributed by atoms with van der Waals surface area (Å²) in [5.74, 6) is 0.988. The zero-order valence-electron chi connectivity index (χ0n) is 17.1. The quantitative estimate of drug-likeness (QED) is 0.672. The van der Waals surface area contributed by atoms with E-state index < -0.39 is 10.0 Å². The molecular weight excluding hydrogens is 452 g/mol. The fourth-order valence-electron chi connectivity index (χ4n) is 6.26. The van der Waals surface area contributed by atoms with Gasteiger partial charge in [-0.25, -0.2) is 13.1 Å². The number of carbonyl (C=O) groups excluding carboxylic acids is 1. The first-order chi connectivity index (χ1) is 13.9. The molecule has 1 aromatic rings. The zero-order chi connectivity index (χ0) is 20.6. The Labute approximate surface area is 182 Å². The van der Waals surface area contributed by atoms with Crippen LogP contribution >= 0.6 is 15.9 Å². The summed E-state index contributed by atoms with van der Waals surface area (Å²) in [6, 6.07) is 6.76. The average Bonchev–Trinajstić information content (AvgIpc) is 3.05. The normalized spacial score (nSPS) is 32.6. The zero-order valence-corrected chi connectivity index (χ0v) is 19.5. The summed E-state index contributed by atoms with van der Waals surface area (Å²) in [6.07, 6.45) is 8.51. The molecule has 4 rings (SSSR count). The lowest BCUT2D eigenvalue weighted by Gasteiger charge is -2.53. The van der Waals surface area contributed by atoms with Gasteiger partial charge in [0.15, 0.2) is 0 Å². The summed E-state index contributed by atoms with van der Waals surface area (Å²) < 4.78 is 30.1. The Hall–Kier alpha value is -0.920. The molecule has 7 heteroatoms. The van der Waals surface area contributed by atoms with E-state index in [-0.39, 0.29) is 17.5 Å². The van der Waals surface area contributed by atoms with Crippen molar-refractivity contribution in [3.8, 4) is 0 Å². The highest BCUT2D eigenvalue weighted by Gasteiger charge is 2.56. The molecule has 1 aromatic carbocycles. The predicted molar refractivity (Wildman–Crippen MR) is 117 cm³/mol. The average molecular weight is 483 g/mol. The van der Waals surface area contributed by atoms with E-state index in [1.807, 2.05) is 0 Å². The summed E-state index contributed by atoms with van der Waals surface area (Å²) in [4.78, 5) is 15.2. The molecule has 2 heterocycles. The second-order valence-electron chi connectivity index (χ2n) is 8.92. The highest BCUT2D eigenvalue weighted by atomic mass is 79.9. The number of benzene rings is 1. The summed E-state index contributed by atoms with van der Waals surface area (Å²) >= 11 is 3.37.